The number of likely N-dealkylation sites (tertiary alicyclic amines) is 1. The summed E-state index contributed by atoms with van der Waals surface area (Å²) in [5, 5.41) is 2.86. The fourth-order valence-corrected chi connectivity index (χ4v) is 3.48. The van der Waals surface area contributed by atoms with Gasteiger partial charge in [0.2, 0.25) is 6.41 Å². The third-order valence-corrected chi connectivity index (χ3v) is 4.43. The lowest BCUT2D eigenvalue weighted by molar-refractivity contribution is -0.110. The monoisotopic (exact) mass is 282 g/mol. The van der Waals surface area contributed by atoms with E-state index in [9.17, 15) is 9.59 Å². The molecule has 1 heterocycles. The zero-order valence-corrected chi connectivity index (χ0v) is 12.8. The van der Waals surface area contributed by atoms with Crippen molar-refractivity contribution in [2.45, 2.75) is 76.5 Å². The van der Waals surface area contributed by atoms with Crippen molar-refractivity contribution >= 4 is 12.5 Å². The van der Waals surface area contributed by atoms with Crippen LogP contribution in [0.4, 0.5) is 4.79 Å². The SMILES string of the molecule is CC(C)(C)OC(=O)N1CCCC12CCC(NC=O)CC2. The van der Waals surface area contributed by atoms with Gasteiger partial charge in [0, 0.05) is 18.1 Å². The van der Waals surface area contributed by atoms with E-state index < -0.39 is 5.60 Å². The van der Waals surface area contributed by atoms with Gasteiger partial charge in [-0.1, -0.05) is 0 Å². The molecule has 114 valence electrons. The van der Waals surface area contributed by atoms with E-state index in [0.717, 1.165) is 51.5 Å². The van der Waals surface area contributed by atoms with Gasteiger partial charge in [-0.15, -0.1) is 0 Å². The van der Waals surface area contributed by atoms with Crippen molar-refractivity contribution in [1.29, 1.82) is 0 Å². The average molecular weight is 282 g/mol. The van der Waals surface area contributed by atoms with Crippen LogP contribution in [0.3, 0.4) is 0 Å². The predicted octanol–water partition coefficient (Wildman–Crippen LogP) is 2.44. The molecule has 0 aromatic heterocycles. The Kier molecular flexibility index (Phi) is 4.25. The second-order valence-corrected chi connectivity index (χ2v) is 7.02. The number of rotatable bonds is 2. The van der Waals surface area contributed by atoms with Crippen LogP contribution in [0, 0.1) is 0 Å². The summed E-state index contributed by atoms with van der Waals surface area (Å²) in [5.41, 5.74) is -0.486. The van der Waals surface area contributed by atoms with Gasteiger partial charge in [-0.2, -0.15) is 0 Å². The molecule has 1 spiro atoms. The molecule has 0 radical (unpaired) electrons. The van der Waals surface area contributed by atoms with Gasteiger partial charge in [0.1, 0.15) is 5.60 Å². The Bertz CT molecular complexity index is 368. The summed E-state index contributed by atoms with van der Waals surface area (Å²) >= 11 is 0. The first kappa shape index (κ1) is 15.1. The van der Waals surface area contributed by atoms with E-state index in [1.165, 1.54) is 0 Å². The molecule has 0 atom stereocenters. The molecule has 0 aromatic rings. The molecule has 20 heavy (non-hydrogen) atoms. The van der Waals surface area contributed by atoms with Gasteiger partial charge in [0.05, 0.1) is 0 Å². The fourth-order valence-electron chi connectivity index (χ4n) is 3.48. The highest BCUT2D eigenvalue weighted by Crippen LogP contribution is 2.42. The molecule has 5 heteroatoms. The number of carbonyl (C=O) groups is 2. The van der Waals surface area contributed by atoms with E-state index in [-0.39, 0.29) is 17.7 Å². The molecule has 0 aromatic carbocycles. The second kappa shape index (κ2) is 5.62. The van der Waals surface area contributed by atoms with Crippen molar-refractivity contribution in [2.75, 3.05) is 6.54 Å². The summed E-state index contributed by atoms with van der Waals surface area (Å²) in [5.74, 6) is 0. The van der Waals surface area contributed by atoms with Crippen molar-refractivity contribution in [2.24, 2.45) is 0 Å². The molecular weight excluding hydrogens is 256 g/mol. The Morgan fingerprint density at radius 1 is 1.30 bits per heavy atom. The molecule has 0 unspecified atom stereocenters. The zero-order chi connectivity index (χ0) is 14.8. The lowest BCUT2D eigenvalue weighted by Crippen LogP contribution is -2.52. The smallest absolute Gasteiger partial charge is 0.410 e. The number of hydrogen-bond acceptors (Lipinski definition) is 3. The minimum atomic E-state index is -0.447. The molecule has 1 N–H and O–H groups in total. The molecule has 2 rings (SSSR count). The average Bonchev–Trinajstić information content (AvgIpc) is 2.74. The highest BCUT2D eigenvalue weighted by molar-refractivity contribution is 5.69. The fraction of sp³-hybridized carbons (Fsp3) is 0.867. The lowest BCUT2D eigenvalue weighted by atomic mass is 9.78. The highest BCUT2D eigenvalue weighted by atomic mass is 16.6. The Balaban J connectivity index is 2.00. The number of carbonyl (C=O) groups excluding carboxylic acids is 2. The van der Waals surface area contributed by atoms with E-state index in [1.54, 1.807) is 0 Å². The quantitative estimate of drug-likeness (QED) is 0.791. The first-order valence-electron chi connectivity index (χ1n) is 7.57. The van der Waals surface area contributed by atoms with Crippen LogP contribution in [-0.4, -0.2) is 41.1 Å². The van der Waals surface area contributed by atoms with E-state index in [1.807, 2.05) is 25.7 Å². The molecule has 5 nitrogen and oxygen atoms in total. The topological polar surface area (TPSA) is 58.6 Å². The van der Waals surface area contributed by atoms with Crippen molar-refractivity contribution in [3.8, 4) is 0 Å². The largest absolute Gasteiger partial charge is 0.444 e. The number of amides is 2. The van der Waals surface area contributed by atoms with Gasteiger partial charge >= 0.3 is 6.09 Å². The Morgan fingerprint density at radius 2 is 1.95 bits per heavy atom. The molecule has 1 aliphatic carbocycles. The van der Waals surface area contributed by atoms with Crippen LogP contribution < -0.4 is 5.32 Å². The van der Waals surface area contributed by atoms with Gasteiger partial charge in [0.15, 0.2) is 0 Å². The highest BCUT2D eigenvalue weighted by Gasteiger charge is 2.46. The van der Waals surface area contributed by atoms with E-state index in [0.29, 0.717) is 0 Å². The van der Waals surface area contributed by atoms with Gasteiger partial charge in [-0.25, -0.2) is 4.79 Å². The summed E-state index contributed by atoms with van der Waals surface area (Å²) in [6, 6.07) is 0.263. The van der Waals surface area contributed by atoms with Crippen LogP contribution in [0.1, 0.15) is 59.3 Å². The summed E-state index contributed by atoms with van der Waals surface area (Å²) in [6.45, 7) is 6.50. The van der Waals surface area contributed by atoms with E-state index >= 15 is 0 Å². The van der Waals surface area contributed by atoms with Crippen LogP contribution in [0.15, 0.2) is 0 Å². The summed E-state index contributed by atoms with van der Waals surface area (Å²) in [7, 11) is 0. The van der Waals surface area contributed by atoms with Crippen LogP contribution in [-0.2, 0) is 9.53 Å². The van der Waals surface area contributed by atoms with Gasteiger partial charge in [-0.05, 0) is 59.3 Å². The van der Waals surface area contributed by atoms with Gasteiger partial charge in [-0.3, -0.25) is 4.79 Å². The van der Waals surface area contributed by atoms with Crippen LogP contribution in [0.5, 0.6) is 0 Å². The molecule has 1 aliphatic heterocycles. The number of hydrogen-bond donors (Lipinski definition) is 1. The maximum Gasteiger partial charge on any atom is 0.410 e. The van der Waals surface area contributed by atoms with Crippen LogP contribution in [0.2, 0.25) is 0 Å². The Labute approximate surface area is 121 Å². The van der Waals surface area contributed by atoms with E-state index in [2.05, 4.69) is 5.32 Å². The zero-order valence-electron chi connectivity index (χ0n) is 12.8. The number of ether oxygens (including phenoxy) is 1. The molecule has 1 saturated heterocycles. The summed E-state index contributed by atoms with van der Waals surface area (Å²) in [4.78, 5) is 24.8. The Morgan fingerprint density at radius 3 is 2.50 bits per heavy atom. The van der Waals surface area contributed by atoms with Crippen molar-refractivity contribution in [3.63, 3.8) is 0 Å². The maximum atomic E-state index is 12.4. The second-order valence-electron chi connectivity index (χ2n) is 7.02. The van der Waals surface area contributed by atoms with Crippen LogP contribution >= 0.6 is 0 Å². The van der Waals surface area contributed by atoms with Crippen molar-refractivity contribution < 1.29 is 14.3 Å². The lowest BCUT2D eigenvalue weighted by Gasteiger charge is -2.43. The maximum absolute atomic E-state index is 12.4. The number of nitrogens with one attached hydrogen (secondary N) is 1. The van der Waals surface area contributed by atoms with E-state index in [4.69, 9.17) is 4.74 Å². The Hall–Kier alpha value is -1.26. The number of nitrogens with zero attached hydrogens (tertiary/aromatic N) is 1. The van der Waals surface area contributed by atoms with Crippen molar-refractivity contribution in [1.82, 2.24) is 10.2 Å². The van der Waals surface area contributed by atoms with Crippen molar-refractivity contribution in [3.05, 3.63) is 0 Å². The molecule has 2 amide bonds. The minimum Gasteiger partial charge on any atom is -0.444 e. The predicted molar refractivity (Wildman–Crippen MR) is 76.4 cm³/mol. The normalized spacial score (nSPS) is 30.4. The first-order valence-corrected chi connectivity index (χ1v) is 7.57. The first-order chi connectivity index (χ1) is 9.36. The summed E-state index contributed by atoms with van der Waals surface area (Å²) in [6.07, 6.45) is 6.50. The molecule has 2 aliphatic rings. The summed E-state index contributed by atoms with van der Waals surface area (Å²) < 4.78 is 5.54. The van der Waals surface area contributed by atoms with Crippen LogP contribution in [0.25, 0.3) is 0 Å². The van der Waals surface area contributed by atoms with Gasteiger partial charge < -0.3 is 15.0 Å². The molecule has 0 bridgehead atoms. The third kappa shape index (κ3) is 3.25. The van der Waals surface area contributed by atoms with Gasteiger partial charge in [0.25, 0.3) is 0 Å². The molecule has 1 saturated carbocycles. The molecule has 2 fully saturated rings. The molecular formula is C15H26N2O3. The minimum absolute atomic E-state index is 0.0383. The standard InChI is InChI=1S/C15H26N2O3/c1-14(2,3)20-13(19)17-10-4-7-15(17)8-5-12(6-9-15)16-11-18/h11-12H,4-10H2,1-3H3,(H,16,18). The third-order valence-electron chi connectivity index (χ3n) is 4.43.